The molecule has 0 aliphatic heterocycles. The predicted octanol–water partition coefficient (Wildman–Crippen LogP) is 3.19. The van der Waals surface area contributed by atoms with Crippen molar-refractivity contribution < 1.29 is 29.4 Å². The van der Waals surface area contributed by atoms with E-state index in [1.165, 1.54) is 0 Å². The van der Waals surface area contributed by atoms with Gasteiger partial charge in [-0.15, -0.1) is 0 Å². The van der Waals surface area contributed by atoms with Gasteiger partial charge in [0.2, 0.25) is 0 Å². The first-order chi connectivity index (χ1) is 6.70. The third-order valence-corrected chi connectivity index (χ3v) is 2.43. The molecule has 0 atom stereocenters. The summed E-state index contributed by atoms with van der Waals surface area (Å²) in [7, 11) is 0. The molecule has 15 heavy (non-hydrogen) atoms. The summed E-state index contributed by atoms with van der Waals surface area (Å²) in [6, 6.07) is 10.3. The molecule has 0 heterocycles. The van der Waals surface area contributed by atoms with Crippen LogP contribution in [0.15, 0.2) is 36.4 Å². The Balaban J connectivity index is 0.00000112. The fourth-order valence-electron chi connectivity index (χ4n) is 1.46. The van der Waals surface area contributed by atoms with Gasteiger partial charge in [0.1, 0.15) is 0 Å². The average Bonchev–Trinajstić information content (AvgIpc) is 2.17. The minimum Gasteiger partial charge on any atom is -0.478 e. The molecule has 0 unspecified atom stereocenters. The Kier molecular flexibility index (Phi) is 3.84. The summed E-state index contributed by atoms with van der Waals surface area (Å²) < 4.78 is 0. The van der Waals surface area contributed by atoms with E-state index in [1.807, 2.05) is 6.07 Å². The predicted molar refractivity (Wildman–Crippen MR) is 55.9 cm³/mol. The van der Waals surface area contributed by atoms with Gasteiger partial charge in [0.05, 0.1) is 5.56 Å². The number of carbonyl (C=O) groups is 1. The molecule has 0 aliphatic rings. The first-order valence-electron chi connectivity index (χ1n) is 4.10. The van der Waals surface area contributed by atoms with Crippen molar-refractivity contribution in [3.8, 4) is 0 Å². The van der Waals surface area contributed by atoms with Crippen LogP contribution in [0.3, 0.4) is 0 Å². The summed E-state index contributed by atoms with van der Waals surface area (Å²) in [6.45, 7) is 0. The van der Waals surface area contributed by atoms with Crippen LogP contribution in [0.5, 0.6) is 0 Å². The first kappa shape index (κ1) is 12.2. The standard InChI is InChI=1S/C11H7ClO2.Zn/c12-10-6-2-3-7-8(10)4-1-5-9(7)11(13)14;/h1-6H,(H,13,14);. The maximum absolute atomic E-state index is 10.9. The van der Waals surface area contributed by atoms with Gasteiger partial charge in [-0.25, -0.2) is 4.79 Å². The Morgan fingerprint density at radius 2 is 1.67 bits per heavy atom. The summed E-state index contributed by atoms with van der Waals surface area (Å²) in [5.74, 6) is -0.933. The third kappa shape index (κ3) is 2.19. The zero-order valence-corrected chi connectivity index (χ0v) is 11.6. The van der Waals surface area contributed by atoms with Crippen molar-refractivity contribution in [2.24, 2.45) is 0 Å². The van der Waals surface area contributed by atoms with Crippen molar-refractivity contribution >= 4 is 28.3 Å². The van der Waals surface area contributed by atoms with Crippen LogP contribution < -0.4 is 0 Å². The van der Waals surface area contributed by atoms with Gasteiger partial charge in [-0.05, 0) is 17.5 Å². The summed E-state index contributed by atoms with van der Waals surface area (Å²) in [6.07, 6.45) is 0. The van der Waals surface area contributed by atoms with Crippen LogP contribution in [0.2, 0.25) is 5.02 Å². The molecule has 4 heteroatoms. The van der Waals surface area contributed by atoms with E-state index in [-0.39, 0.29) is 25.0 Å². The van der Waals surface area contributed by atoms with Gasteiger partial charge in [0, 0.05) is 29.9 Å². The summed E-state index contributed by atoms with van der Waals surface area (Å²) >= 11 is 5.94. The molecule has 0 amide bonds. The van der Waals surface area contributed by atoms with E-state index in [2.05, 4.69) is 0 Å². The number of benzene rings is 2. The number of carboxylic acids is 1. The van der Waals surface area contributed by atoms with Gasteiger partial charge in [-0.2, -0.15) is 0 Å². The molecule has 2 aromatic carbocycles. The zero-order valence-electron chi connectivity index (χ0n) is 7.90. The Hall–Kier alpha value is -0.917. The van der Waals surface area contributed by atoms with Gasteiger partial charge >= 0.3 is 5.97 Å². The maximum atomic E-state index is 10.9. The normalized spacial score (nSPS) is 9.67. The minimum absolute atomic E-state index is 0. The summed E-state index contributed by atoms with van der Waals surface area (Å²) in [5, 5.41) is 11.0. The molecule has 0 spiro atoms. The molecule has 2 nitrogen and oxygen atoms in total. The Morgan fingerprint density at radius 1 is 1.07 bits per heavy atom. The van der Waals surface area contributed by atoms with Gasteiger partial charge in [-0.1, -0.05) is 35.9 Å². The van der Waals surface area contributed by atoms with Crippen LogP contribution in [-0.2, 0) is 19.5 Å². The monoisotopic (exact) mass is 270 g/mol. The second-order valence-electron chi connectivity index (χ2n) is 2.95. The molecular formula is C11H7ClO2Zn. The topological polar surface area (TPSA) is 37.3 Å². The van der Waals surface area contributed by atoms with Crippen molar-refractivity contribution in [2.75, 3.05) is 0 Å². The summed E-state index contributed by atoms with van der Waals surface area (Å²) in [4.78, 5) is 10.9. The van der Waals surface area contributed by atoms with E-state index in [0.29, 0.717) is 10.4 Å². The molecule has 0 aromatic heterocycles. The fraction of sp³-hybridized carbons (Fsp3) is 0. The molecule has 1 N–H and O–H groups in total. The second-order valence-corrected chi connectivity index (χ2v) is 3.35. The van der Waals surface area contributed by atoms with Crippen molar-refractivity contribution in [3.63, 3.8) is 0 Å². The zero-order chi connectivity index (χ0) is 10.1. The molecular weight excluding hydrogens is 265 g/mol. The number of halogens is 1. The van der Waals surface area contributed by atoms with Crippen LogP contribution in [0, 0.1) is 0 Å². The Labute approximate surface area is 105 Å². The third-order valence-electron chi connectivity index (χ3n) is 2.10. The molecule has 2 rings (SSSR count). The number of rotatable bonds is 1. The molecule has 2 aromatic rings. The number of hydrogen-bond donors (Lipinski definition) is 1. The quantitative estimate of drug-likeness (QED) is 0.809. The van der Waals surface area contributed by atoms with Gasteiger partial charge in [0.15, 0.2) is 0 Å². The molecule has 0 saturated carbocycles. The maximum Gasteiger partial charge on any atom is 0.336 e. The largest absolute Gasteiger partial charge is 0.478 e. The van der Waals surface area contributed by atoms with E-state index in [0.717, 1.165) is 5.39 Å². The van der Waals surface area contributed by atoms with Crippen molar-refractivity contribution in [1.29, 1.82) is 0 Å². The van der Waals surface area contributed by atoms with Gasteiger partial charge in [-0.3, -0.25) is 0 Å². The first-order valence-corrected chi connectivity index (χ1v) is 4.48. The molecule has 72 valence electrons. The number of hydrogen-bond acceptors (Lipinski definition) is 1. The SMILES string of the molecule is O=C(O)c1cccc2c(Cl)cccc12.[Zn]. The fourth-order valence-corrected chi connectivity index (χ4v) is 1.70. The van der Waals surface area contributed by atoms with E-state index >= 15 is 0 Å². The second kappa shape index (κ2) is 4.74. The average molecular weight is 272 g/mol. The molecule has 0 bridgehead atoms. The van der Waals surface area contributed by atoms with Crippen LogP contribution in [0.25, 0.3) is 10.8 Å². The molecule has 0 fully saturated rings. The molecule has 0 aliphatic carbocycles. The van der Waals surface area contributed by atoms with Crippen molar-refractivity contribution in [1.82, 2.24) is 0 Å². The number of fused-ring (bicyclic) bond motifs is 1. The van der Waals surface area contributed by atoms with E-state index in [1.54, 1.807) is 30.3 Å². The van der Waals surface area contributed by atoms with E-state index in [4.69, 9.17) is 16.7 Å². The van der Waals surface area contributed by atoms with Gasteiger partial charge in [0.25, 0.3) is 0 Å². The van der Waals surface area contributed by atoms with Crippen LogP contribution in [0.1, 0.15) is 10.4 Å². The molecule has 0 radical (unpaired) electrons. The van der Waals surface area contributed by atoms with Crippen LogP contribution in [0.4, 0.5) is 0 Å². The van der Waals surface area contributed by atoms with Crippen molar-refractivity contribution in [2.45, 2.75) is 0 Å². The molecule has 0 saturated heterocycles. The van der Waals surface area contributed by atoms with Crippen LogP contribution in [-0.4, -0.2) is 11.1 Å². The van der Waals surface area contributed by atoms with Crippen LogP contribution >= 0.6 is 11.6 Å². The van der Waals surface area contributed by atoms with Crippen molar-refractivity contribution in [3.05, 3.63) is 47.0 Å². The Bertz CT molecular complexity index is 511. The smallest absolute Gasteiger partial charge is 0.336 e. The van der Waals surface area contributed by atoms with Gasteiger partial charge < -0.3 is 5.11 Å². The Morgan fingerprint density at radius 3 is 2.33 bits per heavy atom. The van der Waals surface area contributed by atoms with E-state index < -0.39 is 5.97 Å². The number of aromatic carboxylic acids is 1. The number of carboxylic acid groups (broad SMARTS) is 1. The van der Waals surface area contributed by atoms with E-state index in [9.17, 15) is 4.79 Å². The summed E-state index contributed by atoms with van der Waals surface area (Å²) in [5.41, 5.74) is 0.282. The minimum atomic E-state index is -0.933.